The van der Waals surface area contributed by atoms with Crippen molar-refractivity contribution in [3.05, 3.63) is 42.5 Å². The lowest BCUT2D eigenvalue weighted by Crippen LogP contribution is -2.36. The van der Waals surface area contributed by atoms with E-state index in [1.807, 2.05) is 24.3 Å². The van der Waals surface area contributed by atoms with Gasteiger partial charge >= 0.3 is 0 Å². The Morgan fingerprint density at radius 2 is 2.04 bits per heavy atom. The van der Waals surface area contributed by atoms with Crippen molar-refractivity contribution in [2.24, 2.45) is 0 Å². The molecule has 1 saturated heterocycles. The standard InChI is InChI=1S/C19H30N2O2/c1-2-10-20-14-17-8-7-9-19(13-17)23-16-18(22)15-21-11-5-3-4-6-12-21/h2,7-9,13,18,20,22H,1,3-6,10-12,14-16H2. The second kappa shape index (κ2) is 10.4. The summed E-state index contributed by atoms with van der Waals surface area (Å²) in [6, 6.07) is 8.02. The van der Waals surface area contributed by atoms with Crippen LogP contribution in [0.4, 0.5) is 0 Å². The molecule has 4 heteroatoms. The lowest BCUT2D eigenvalue weighted by molar-refractivity contribution is 0.0693. The van der Waals surface area contributed by atoms with Crippen molar-refractivity contribution in [3.8, 4) is 5.75 Å². The molecule has 2 N–H and O–H groups in total. The first-order valence-electron chi connectivity index (χ1n) is 8.71. The predicted molar refractivity (Wildman–Crippen MR) is 94.8 cm³/mol. The van der Waals surface area contributed by atoms with E-state index in [0.717, 1.165) is 31.9 Å². The molecule has 1 aromatic rings. The average Bonchev–Trinajstić information content (AvgIpc) is 2.82. The largest absolute Gasteiger partial charge is 0.491 e. The molecule has 0 spiro atoms. The van der Waals surface area contributed by atoms with Gasteiger partial charge in [-0.05, 0) is 43.6 Å². The Kier molecular flexibility index (Phi) is 8.15. The number of ether oxygens (including phenoxy) is 1. The molecule has 0 saturated carbocycles. The summed E-state index contributed by atoms with van der Waals surface area (Å²) in [5.41, 5.74) is 1.17. The van der Waals surface area contributed by atoms with Gasteiger partial charge in [0, 0.05) is 19.6 Å². The summed E-state index contributed by atoms with van der Waals surface area (Å²) < 4.78 is 5.76. The van der Waals surface area contributed by atoms with Gasteiger partial charge < -0.3 is 20.1 Å². The Bertz CT molecular complexity index is 456. The molecule has 0 radical (unpaired) electrons. The Morgan fingerprint density at radius 3 is 2.78 bits per heavy atom. The zero-order valence-corrected chi connectivity index (χ0v) is 14.0. The van der Waals surface area contributed by atoms with Crippen molar-refractivity contribution in [3.63, 3.8) is 0 Å². The van der Waals surface area contributed by atoms with E-state index in [0.29, 0.717) is 13.2 Å². The molecule has 4 nitrogen and oxygen atoms in total. The van der Waals surface area contributed by atoms with Crippen LogP contribution in [0.1, 0.15) is 31.2 Å². The van der Waals surface area contributed by atoms with Crippen molar-refractivity contribution < 1.29 is 9.84 Å². The van der Waals surface area contributed by atoms with E-state index in [1.165, 1.54) is 31.2 Å². The quantitative estimate of drug-likeness (QED) is 0.543. The van der Waals surface area contributed by atoms with Gasteiger partial charge in [-0.1, -0.05) is 31.1 Å². The SMILES string of the molecule is C=CCNCc1cccc(OCC(O)CN2CCCCCC2)c1. The van der Waals surface area contributed by atoms with Crippen LogP contribution in [0.5, 0.6) is 5.75 Å². The molecule has 0 amide bonds. The molecule has 1 aliphatic rings. The van der Waals surface area contributed by atoms with E-state index < -0.39 is 6.10 Å². The number of aliphatic hydroxyl groups is 1. The third-order valence-electron chi connectivity index (χ3n) is 4.13. The van der Waals surface area contributed by atoms with E-state index in [2.05, 4.69) is 22.9 Å². The molecule has 1 aliphatic heterocycles. The first-order chi connectivity index (χ1) is 11.3. The topological polar surface area (TPSA) is 44.7 Å². The third kappa shape index (κ3) is 7.16. The number of aliphatic hydroxyl groups excluding tert-OH is 1. The molecule has 1 fully saturated rings. The highest BCUT2D eigenvalue weighted by atomic mass is 16.5. The lowest BCUT2D eigenvalue weighted by Gasteiger charge is -2.23. The summed E-state index contributed by atoms with van der Waals surface area (Å²) in [6.45, 7) is 8.53. The van der Waals surface area contributed by atoms with Crippen LogP contribution < -0.4 is 10.1 Å². The summed E-state index contributed by atoms with van der Waals surface area (Å²) in [6.07, 6.45) is 6.53. The number of rotatable bonds is 9. The van der Waals surface area contributed by atoms with Crippen LogP contribution >= 0.6 is 0 Å². The number of hydrogen-bond acceptors (Lipinski definition) is 4. The van der Waals surface area contributed by atoms with Gasteiger partial charge in [0.1, 0.15) is 18.5 Å². The minimum Gasteiger partial charge on any atom is -0.491 e. The maximum Gasteiger partial charge on any atom is 0.119 e. The molecular formula is C19H30N2O2. The van der Waals surface area contributed by atoms with Crippen molar-refractivity contribution in [1.29, 1.82) is 0 Å². The second-order valence-corrected chi connectivity index (χ2v) is 6.25. The zero-order valence-electron chi connectivity index (χ0n) is 14.0. The minimum atomic E-state index is -0.435. The first kappa shape index (κ1) is 18.0. The number of β-amino-alcohol motifs (C(OH)–C–C–N with tert-alkyl or cyclic N) is 1. The highest BCUT2D eigenvalue weighted by Gasteiger charge is 2.14. The molecular weight excluding hydrogens is 288 g/mol. The summed E-state index contributed by atoms with van der Waals surface area (Å²) in [5.74, 6) is 0.817. The molecule has 23 heavy (non-hydrogen) atoms. The van der Waals surface area contributed by atoms with Crippen molar-refractivity contribution >= 4 is 0 Å². The second-order valence-electron chi connectivity index (χ2n) is 6.25. The van der Waals surface area contributed by atoms with Gasteiger partial charge in [0.05, 0.1) is 0 Å². The van der Waals surface area contributed by atoms with Gasteiger partial charge in [-0.15, -0.1) is 6.58 Å². The molecule has 0 aromatic heterocycles. The molecule has 1 atom stereocenters. The summed E-state index contributed by atoms with van der Waals surface area (Å²) >= 11 is 0. The van der Waals surface area contributed by atoms with Crippen LogP contribution in [0.3, 0.4) is 0 Å². The van der Waals surface area contributed by atoms with Crippen LogP contribution in [0.2, 0.25) is 0 Å². The molecule has 1 unspecified atom stereocenters. The van der Waals surface area contributed by atoms with Crippen LogP contribution in [0, 0.1) is 0 Å². The van der Waals surface area contributed by atoms with Gasteiger partial charge in [-0.2, -0.15) is 0 Å². The Labute approximate surface area is 140 Å². The number of benzene rings is 1. The minimum absolute atomic E-state index is 0.347. The summed E-state index contributed by atoms with van der Waals surface area (Å²) in [7, 11) is 0. The van der Waals surface area contributed by atoms with Crippen LogP contribution in [-0.4, -0.2) is 48.9 Å². The van der Waals surface area contributed by atoms with Crippen LogP contribution in [0.25, 0.3) is 0 Å². The highest BCUT2D eigenvalue weighted by Crippen LogP contribution is 2.14. The van der Waals surface area contributed by atoms with E-state index in [1.54, 1.807) is 0 Å². The predicted octanol–water partition coefficient (Wildman–Crippen LogP) is 2.58. The summed E-state index contributed by atoms with van der Waals surface area (Å²) in [4.78, 5) is 2.36. The highest BCUT2D eigenvalue weighted by molar-refractivity contribution is 5.28. The van der Waals surface area contributed by atoms with Crippen molar-refractivity contribution in [2.45, 2.75) is 38.3 Å². The molecule has 1 heterocycles. The fraction of sp³-hybridized carbons (Fsp3) is 0.579. The maximum absolute atomic E-state index is 10.2. The molecule has 2 rings (SSSR count). The average molecular weight is 318 g/mol. The van der Waals surface area contributed by atoms with E-state index in [9.17, 15) is 5.11 Å². The smallest absolute Gasteiger partial charge is 0.119 e. The molecule has 128 valence electrons. The van der Waals surface area contributed by atoms with Gasteiger partial charge in [0.15, 0.2) is 0 Å². The number of hydrogen-bond donors (Lipinski definition) is 2. The number of nitrogens with zero attached hydrogens (tertiary/aromatic N) is 1. The Balaban J connectivity index is 1.73. The maximum atomic E-state index is 10.2. The molecule has 1 aromatic carbocycles. The fourth-order valence-electron chi connectivity index (χ4n) is 2.93. The summed E-state index contributed by atoms with van der Waals surface area (Å²) in [5, 5.41) is 13.5. The Morgan fingerprint density at radius 1 is 1.26 bits per heavy atom. The van der Waals surface area contributed by atoms with Crippen molar-refractivity contribution in [1.82, 2.24) is 10.2 Å². The third-order valence-corrected chi connectivity index (χ3v) is 4.13. The Hall–Kier alpha value is -1.36. The van der Waals surface area contributed by atoms with Gasteiger partial charge in [0.25, 0.3) is 0 Å². The lowest BCUT2D eigenvalue weighted by atomic mass is 10.2. The fourth-order valence-corrected chi connectivity index (χ4v) is 2.93. The van der Waals surface area contributed by atoms with Gasteiger partial charge in [-0.3, -0.25) is 0 Å². The van der Waals surface area contributed by atoms with E-state index in [4.69, 9.17) is 4.74 Å². The number of nitrogens with one attached hydrogen (secondary N) is 1. The van der Waals surface area contributed by atoms with Crippen LogP contribution in [-0.2, 0) is 6.54 Å². The first-order valence-corrected chi connectivity index (χ1v) is 8.71. The van der Waals surface area contributed by atoms with E-state index in [-0.39, 0.29) is 0 Å². The zero-order chi connectivity index (χ0) is 16.3. The van der Waals surface area contributed by atoms with Gasteiger partial charge in [0.2, 0.25) is 0 Å². The molecule has 0 bridgehead atoms. The normalized spacial score (nSPS) is 17.4. The van der Waals surface area contributed by atoms with Crippen LogP contribution in [0.15, 0.2) is 36.9 Å². The van der Waals surface area contributed by atoms with Gasteiger partial charge in [-0.25, -0.2) is 0 Å². The number of likely N-dealkylation sites (tertiary alicyclic amines) is 1. The van der Waals surface area contributed by atoms with Crippen molar-refractivity contribution in [2.75, 3.05) is 32.8 Å². The monoisotopic (exact) mass is 318 g/mol. The molecule has 0 aliphatic carbocycles. The van der Waals surface area contributed by atoms with E-state index >= 15 is 0 Å².